The largest absolute Gasteiger partial charge is 0.489 e. The molecule has 1 aliphatic carbocycles. The zero-order valence-corrected chi connectivity index (χ0v) is 16.3. The minimum atomic E-state index is -4.41. The van der Waals surface area contributed by atoms with Crippen molar-refractivity contribution < 1.29 is 32.2 Å². The first-order chi connectivity index (χ1) is 13.9. The van der Waals surface area contributed by atoms with E-state index in [-0.39, 0.29) is 5.75 Å². The highest BCUT2D eigenvalue weighted by Gasteiger charge is 2.43. The van der Waals surface area contributed by atoms with E-state index < -0.39 is 18.4 Å². The summed E-state index contributed by atoms with van der Waals surface area (Å²) in [5, 5.41) is 4.21. The summed E-state index contributed by atoms with van der Waals surface area (Å²) < 4.78 is 54.3. The third-order valence-electron chi connectivity index (χ3n) is 5.77. The molecule has 1 aromatic carbocycles. The molecule has 160 valence electrons. The molecule has 4 rings (SSSR count). The number of alkyl halides is 3. The third-order valence-corrected chi connectivity index (χ3v) is 5.77. The molecule has 0 N–H and O–H groups in total. The average molecular weight is 413 g/mol. The maximum absolute atomic E-state index is 12.6. The second-order valence-electron chi connectivity index (χ2n) is 8.17. The Bertz CT molecular complexity index is 738. The number of oxime groups is 1. The molecule has 3 aliphatic rings. The Morgan fingerprint density at radius 2 is 1.93 bits per heavy atom. The molecule has 0 bridgehead atoms. The van der Waals surface area contributed by atoms with Crippen LogP contribution in [0.3, 0.4) is 0 Å². The van der Waals surface area contributed by atoms with Gasteiger partial charge >= 0.3 is 6.18 Å². The highest BCUT2D eigenvalue weighted by Crippen LogP contribution is 2.37. The van der Waals surface area contributed by atoms with Gasteiger partial charge in [0.2, 0.25) is 0 Å². The number of ether oxygens (including phenoxy) is 3. The summed E-state index contributed by atoms with van der Waals surface area (Å²) in [5.41, 5.74) is 1.11. The van der Waals surface area contributed by atoms with E-state index in [9.17, 15) is 13.2 Å². The van der Waals surface area contributed by atoms with E-state index >= 15 is 0 Å². The summed E-state index contributed by atoms with van der Waals surface area (Å²) in [4.78, 5) is 5.63. The van der Waals surface area contributed by atoms with Crippen molar-refractivity contribution in [3.05, 3.63) is 23.8 Å². The van der Waals surface area contributed by atoms with Gasteiger partial charge in [0.1, 0.15) is 0 Å². The van der Waals surface area contributed by atoms with Crippen LogP contribution in [0.4, 0.5) is 13.2 Å². The predicted octanol–water partition coefficient (Wildman–Crippen LogP) is 4.87. The quantitative estimate of drug-likeness (QED) is 0.668. The standard InChI is InChI=1S/C21H26F3NO4/c22-21(23,24)14-28-18-7-6-16(17-11-20(29-25-17)8-9-26-13-20)10-19(18)27-12-15-4-2-1-3-5-15/h6-7,10,15H,1-5,8-9,11-14H2. The van der Waals surface area contributed by atoms with Crippen LogP contribution in [0.2, 0.25) is 0 Å². The van der Waals surface area contributed by atoms with Crippen LogP contribution in [-0.4, -0.2) is 43.9 Å². The molecule has 2 heterocycles. The van der Waals surface area contributed by atoms with Crippen LogP contribution in [0.15, 0.2) is 23.4 Å². The molecule has 8 heteroatoms. The maximum Gasteiger partial charge on any atom is 0.422 e. The number of hydrogen-bond donors (Lipinski definition) is 0. The molecule has 29 heavy (non-hydrogen) atoms. The van der Waals surface area contributed by atoms with Gasteiger partial charge in [-0.3, -0.25) is 0 Å². The first-order valence-corrected chi connectivity index (χ1v) is 10.2. The molecule has 2 fully saturated rings. The minimum absolute atomic E-state index is 0.0975. The van der Waals surface area contributed by atoms with Crippen LogP contribution in [0.25, 0.3) is 0 Å². The Morgan fingerprint density at radius 3 is 2.66 bits per heavy atom. The highest BCUT2D eigenvalue weighted by atomic mass is 19.4. The molecule has 0 radical (unpaired) electrons. The molecular weight excluding hydrogens is 387 g/mol. The summed E-state index contributed by atoms with van der Waals surface area (Å²) in [5.74, 6) is 0.845. The van der Waals surface area contributed by atoms with Crippen molar-refractivity contribution in [1.82, 2.24) is 0 Å². The molecule has 0 amide bonds. The fourth-order valence-corrected chi connectivity index (χ4v) is 4.12. The lowest BCUT2D eigenvalue weighted by Crippen LogP contribution is -2.29. The molecule has 2 aliphatic heterocycles. The summed E-state index contributed by atoms with van der Waals surface area (Å²) in [7, 11) is 0. The van der Waals surface area contributed by atoms with Crippen molar-refractivity contribution >= 4 is 5.71 Å². The lowest BCUT2D eigenvalue weighted by molar-refractivity contribution is -0.153. The van der Waals surface area contributed by atoms with Crippen molar-refractivity contribution in [3.8, 4) is 11.5 Å². The number of benzene rings is 1. The van der Waals surface area contributed by atoms with Crippen LogP contribution in [-0.2, 0) is 9.57 Å². The smallest absolute Gasteiger partial charge is 0.422 e. The van der Waals surface area contributed by atoms with Crippen LogP contribution in [0.5, 0.6) is 11.5 Å². The molecule has 5 nitrogen and oxygen atoms in total. The second kappa shape index (κ2) is 8.42. The lowest BCUT2D eigenvalue weighted by Gasteiger charge is -2.23. The fourth-order valence-electron chi connectivity index (χ4n) is 4.12. The van der Waals surface area contributed by atoms with Crippen molar-refractivity contribution in [2.45, 2.75) is 56.7 Å². The molecule has 0 aromatic heterocycles. The van der Waals surface area contributed by atoms with Gasteiger partial charge in [-0.1, -0.05) is 24.4 Å². The Balaban J connectivity index is 1.49. The van der Waals surface area contributed by atoms with Crippen LogP contribution >= 0.6 is 0 Å². The molecule has 1 saturated carbocycles. The monoisotopic (exact) mass is 413 g/mol. The molecule has 1 aromatic rings. The van der Waals surface area contributed by atoms with Gasteiger partial charge in [0.25, 0.3) is 0 Å². The van der Waals surface area contributed by atoms with Crippen LogP contribution in [0.1, 0.15) is 50.5 Å². The average Bonchev–Trinajstić information content (AvgIpc) is 3.35. The SMILES string of the molecule is FC(F)(F)COc1ccc(C2=NOC3(CCOC3)C2)cc1OCC1CCCCC1. The van der Waals surface area contributed by atoms with Gasteiger partial charge in [0, 0.05) is 18.4 Å². The Morgan fingerprint density at radius 1 is 1.10 bits per heavy atom. The highest BCUT2D eigenvalue weighted by molar-refractivity contribution is 6.02. The van der Waals surface area contributed by atoms with Gasteiger partial charge in [-0.25, -0.2) is 0 Å². The zero-order valence-electron chi connectivity index (χ0n) is 16.3. The van der Waals surface area contributed by atoms with E-state index in [0.717, 1.165) is 30.5 Å². The van der Waals surface area contributed by atoms with Gasteiger partial charge in [0.05, 0.1) is 25.5 Å². The molecular formula is C21H26F3NO4. The molecule has 1 spiro atoms. The molecule has 1 unspecified atom stereocenters. The lowest BCUT2D eigenvalue weighted by atomic mass is 9.90. The molecule has 1 atom stereocenters. The van der Waals surface area contributed by atoms with Crippen molar-refractivity contribution in [3.63, 3.8) is 0 Å². The van der Waals surface area contributed by atoms with Crippen molar-refractivity contribution in [1.29, 1.82) is 0 Å². The Labute approximate surface area is 168 Å². The number of hydrogen-bond acceptors (Lipinski definition) is 5. The van der Waals surface area contributed by atoms with E-state index in [0.29, 0.717) is 37.9 Å². The number of rotatable bonds is 6. The summed E-state index contributed by atoms with van der Waals surface area (Å²) in [6.45, 7) is 0.268. The fraction of sp³-hybridized carbons (Fsp3) is 0.667. The van der Waals surface area contributed by atoms with E-state index in [1.165, 1.54) is 25.3 Å². The minimum Gasteiger partial charge on any atom is -0.489 e. The van der Waals surface area contributed by atoms with Gasteiger partial charge in [-0.05, 0) is 37.0 Å². The Hall–Kier alpha value is -1.96. The number of halogens is 3. The van der Waals surface area contributed by atoms with Gasteiger partial charge < -0.3 is 19.0 Å². The van der Waals surface area contributed by atoms with E-state index in [2.05, 4.69) is 5.16 Å². The van der Waals surface area contributed by atoms with Gasteiger partial charge in [-0.2, -0.15) is 13.2 Å². The van der Waals surface area contributed by atoms with Gasteiger partial charge in [0.15, 0.2) is 23.7 Å². The first-order valence-electron chi connectivity index (χ1n) is 10.2. The normalized spacial score (nSPS) is 25.1. The van der Waals surface area contributed by atoms with E-state index in [1.54, 1.807) is 12.1 Å². The van der Waals surface area contributed by atoms with Crippen LogP contribution < -0.4 is 9.47 Å². The van der Waals surface area contributed by atoms with E-state index in [1.807, 2.05) is 0 Å². The summed E-state index contributed by atoms with van der Waals surface area (Å²) in [6, 6.07) is 4.94. The van der Waals surface area contributed by atoms with Crippen molar-refractivity contribution in [2.24, 2.45) is 11.1 Å². The number of nitrogens with zero attached hydrogens (tertiary/aromatic N) is 1. The third kappa shape index (κ3) is 5.15. The topological polar surface area (TPSA) is 49.3 Å². The van der Waals surface area contributed by atoms with Gasteiger partial charge in [-0.15, -0.1) is 0 Å². The second-order valence-corrected chi connectivity index (χ2v) is 8.17. The summed E-state index contributed by atoms with van der Waals surface area (Å²) >= 11 is 0. The van der Waals surface area contributed by atoms with E-state index in [4.69, 9.17) is 19.0 Å². The van der Waals surface area contributed by atoms with Crippen LogP contribution in [0, 0.1) is 5.92 Å². The molecule has 1 saturated heterocycles. The zero-order chi connectivity index (χ0) is 20.3. The Kier molecular flexibility index (Phi) is 5.90. The van der Waals surface area contributed by atoms with Crippen molar-refractivity contribution in [2.75, 3.05) is 26.4 Å². The first kappa shape index (κ1) is 20.3. The maximum atomic E-state index is 12.6. The summed E-state index contributed by atoms with van der Waals surface area (Å²) in [6.07, 6.45) is 2.72. The predicted molar refractivity (Wildman–Crippen MR) is 100 cm³/mol.